The largest absolute Gasteiger partial charge is 0.329 e. The van der Waals surface area contributed by atoms with Gasteiger partial charge in [-0.3, -0.25) is 9.69 Å². The molecule has 0 radical (unpaired) electrons. The third-order valence-electron chi connectivity index (χ3n) is 4.07. The van der Waals surface area contributed by atoms with Crippen LogP contribution in [0.4, 0.5) is 5.69 Å². The van der Waals surface area contributed by atoms with Crippen LogP contribution in [0.3, 0.4) is 0 Å². The number of carbonyl (C=O) groups is 1. The molecular weight excluding hydrogens is 298 g/mol. The van der Waals surface area contributed by atoms with Crippen LogP contribution in [0.1, 0.15) is 23.6 Å². The molecule has 0 aliphatic heterocycles. The van der Waals surface area contributed by atoms with Crippen molar-refractivity contribution in [2.75, 3.05) is 25.0 Å². The van der Waals surface area contributed by atoms with Gasteiger partial charge in [0, 0.05) is 25.3 Å². The number of rotatable bonds is 8. The fourth-order valence-corrected chi connectivity index (χ4v) is 2.82. The molecule has 4 heteroatoms. The number of para-hydroxylation sites is 1. The summed E-state index contributed by atoms with van der Waals surface area (Å²) in [6, 6.07) is 16.3. The van der Waals surface area contributed by atoms with Gasteiger partial charge in [-0.2, -0.15) is 0 Å². The Morgan fingerprint density at radius 2 is 1.88 bits per heavy atom. The molecule has 0 aliphatic rings. The average molecular weight is 325 g/mol. The summed E-state index contributed by atoms with van der Waals surface area (Å²) in [5.74, 6) is 0.00313. The lowest BCUT2D eigenvalue weighted by Gasteiger charge is -2.22. The van der Waals surface area contributed by atoms with Gasteiger partial charge in [0.05, 0.1) is 6.54 Å². The SMILES string of the molecule is CCc1cccc(C)c1NC(=O)CN(CCN)Cc1ccccc1. The highest BCUT2D eigenvalue weighted by atomic mass is 16.2. The Balaban J connectivity index is 2.03. The Hall–Kier alpha value is -2.17. The number of benzene rings is 2. The lowest BCUT2D eigenvalue weighted by Crippen LogP contribution is -2.36. The molecule has 4 nitrogen and oxygen atoms in total. The van der Waals surface area contributed by atoms with Crippen LogP contribution in [0.15, 0.2) is 48.5 Å². The van der Waals surface area contributed by atoms with E-state index in [1.165, 1.54) is 5.56 Å². The van der Waals surface area contributed by atoms with Crippen LogP contribution in [0.25, 0.3) is 0 Å². The van der Waals surface area contributed by atoms with Crippen molar-refractivity contribution < 1.29 is 4.79 Å². The van der Waals surface area contributed by atoms with Crippen molar-refractivity contribution in [3.05, 3.63) is 65.2 Å². The van der Waals surface area contributed by atoms with Crippen LogP contribution in [0, 0.1) is 6.92 Å². The average Bonchev–Trinajstić information content (AvgIpc) is 2.58. The number of anilines is 1. The maximum Gasteiger partial charge on any atom is 0.238 e. The highest BCUT2D eigenvalue weighted by Crippen LogP contribution is 2.21. The van der Waals surface area contributed by atoms with Crippen molar-refractivity contribution >= 4 is 11.6 Å². The third kappa shape index (κ3) is 5.18. The molecular formula is C20H27N3O. The fraction of sp³-hybridized carbons (Fsp3) is 0.350. The predicted octanol–water partition coefficient (Wildman–Crippen LogP) is 2.96. The summed E-state index contributed by atoms with van der Waals surface area (Å²) in [7, 11) is 0. The zero-order valence-corrected chi connectivity index (χ0v) is 14.6. The first-order valence-electron chi connectivity index (χ1n) is 8.48. The van der Waals surface area contributed by atoms with Gasteiger partial charge in [0.2, 0.25) is 5.91 Å². The van der Waals surface area contributed by atoms with E-state index in [1.54, 1.807) is 0 Å². The summed E-state index contributed by atoms with van der Waals surface area (Å²) in [5.41, 5.74) is 10.1. The molecule has 0 aliphatic carbocycles. The summed E-state index contributed by atoms with van der Waals surface area (Å²) in [6.45, 7) is 6.40. The Bertz CT molecular complexity index is 655. The summed E-state index contributed by atoms with van der Waals surface area (Å²) >= 11 is 0. The van der Waals surface area contributed by atoms with Gasteiger partial charge in [-0.05, 0) is 30.0 Å². The van der Waals surface area contributed by atoms with Crippen LogP contribution >= 0.6 is 0 Å². The van der Waals surface area contributed by atoms with Crippen LogP contribution in [-0.2, 0) is 17.8 Å². The second-order valence-electron chi connectivity index (χ2n) is 6.00. The third-order valence-corrected chi connectivity index (χ3v) is 4.07. The summed E-state index contributed by atoms with van der Waals surface area (Å²) in [5, 5.41) is 3.08. The second kappa shape index (κ2) is 9.21. The normalized spacial score (nSPS) is 10.8. The van der Waals surface area contributed by atoms with Crippen LogP contribution in [0.2, 0.25) is 0 Å². The van der Waals surface area contributed by atoms with Crippen LogP contribution in [-0.4, -0.2) is 30.4 Å². The van der Waals surface area contributed by atoms with E-state index < -0.39 is 0 Å². The molecule has 2 aromatic carbocycles. The van der Waals surface area contributed by atoms with E-state index in [0.29, 0.717) is 19.6 Å². The lowest BCUT2D eigenvalue weighted by atomic mass is 10.1. The maximum absolute atomic E-state index is 12.5. The minimum atomic E-state index is 0.00313. The molecule has 0 atom stereocenters. The van der Waals surface area contributed by atoms with Crippen molar-refractivity contribution in [1.29, 1.82) is 0 Å². The molecule has 0 unspecified atom stereocenters. The molecule has 0 bridgehead atoms. The molecule has 2 aromatic rings. The monoisotopic (exact) mass is 325 g/mol. The number of nitrogens with one attached hydrogen (secondary N) is 1. The maximum atomic E-state index is 12.5. The quantitative estimate of drug-likeness (QED) is 0.784. The van der Waals surface area contributed by atoms with Gasteiger partial charge in [-0.15, -0.1) is 0 Å². The van der Waals surface area contributed by atoms with Gasteiger partial charge < -0.3 is 11.1 Å². The predicted molar refractivity (Wildman–Crippen MR) is 100.0 cm³/mol. The Morgan fingerprint density at radius 3 is 2.54 bits per heavy atom. The molecule has 0 heterocycles. The summed E-state index contributed by atoms with van der Waals surface area (Å²) < 4.78 is 0. The van der Waals surface area contributed by atoms with E-state index in [-0.39, 0.29) is 5.91 Å². The minimum absolute atomic E-state index is 0.00313. The van der Waals surface area contributed by atoms with E-state index >= 15 is 0 Å². The Morgan fingerprint density at radius 1 is 1.12 bits per heavy atom. The van der Waals surface area contributed by atoms with Gasteiger partial charge >= 0.3 is 0 Å². The smallest absolute Gasteiger partial charge is 0.238 e. The number of amides is 1. The first kappa shape index (κ1) is 18.2. The van der Waals surface area contributed by atoms with E-state index in [2.05, 4.69) is 35.3 Å². The zero-order chi connectivity index (χ0) is 17.4. The molecule has 0 saturated carbocycles. The topological polar surface area (TPSA) is 58.4 Å². The van der Waals surface area contributed by atoms with E-state index in [0.717, 1.165) is 29.8 Å². The number of nitrogens with zero attached hydrogens (tertiary/aromatic N) is 1. The fourth-order valence-electron chi connectivity index (χ4n) is 2.82. The Kier molecular flexibility index (Phi) is 6.97. The molecule has 1 amide bonds. The zero-order valence-electron chi connectivity index (χ0n) is 14.6. The van der Waals surface area contributed by atoms with Gasteiger partial charge in [-0.1, -0.05) is 55.5 Å². The van der Waals surface area contributed by atoms with Crippen molar-refractivity contribution in [3.8, 4) is 0 Å². The van der Waals surface area contributed by atoms with E-state index in [4.69, 9.17) is 5.73 Å². The van der Waals surface area contributed by atoms with Crippen molar-refractivity contribution in [3.63, 3.8) is 0 Å². The number of hydrogen-bond acceptors (Lipinski definition) is 3. The first-order chi connectivity index (χ1) is 11.6. The van der Waals surface area contributed by atoms with Crippen molar-refractivity contribution in [1.82, 2.24) is 4.90 Å². The van der Waals surface area contributed by atoms with Gasteiger partial charge in [0.15, 0.2) is 0 Å². The van der Waals surface area contributed by atoms with Crippen LogP contribution in [0.5, 0.6) is 0 Å². The van der Waals surface area contributed by atoms with Gasteiger partial charge in [0.1, 0.15) is 0 Å². The molecule has 24 heavy (non-hydrogen) atoms. The standard InChI is InChI=1S/C20H27N3O/c1-3-18-11-7-8-16(2)20(18)22-19(24)15-23(13-12-21)14-17-9-5-4-6-10-17/h4-11H,3,12-15,21H2,1-2H3,(H,22,24). The van der Waals surface area contributed by atoms with Crippen LogP contribution < -0.4 is 11.1 Å². The number of aryl methyl sites for hydroxylation is 2. The highest BCUT2D eigenvalue weighted by molar-refractivity contribution is 5.93. The van der Waals surface area contributed by atoms with Crippen molar-refractivity contribution in [2.45, 2.75) is 26.8 Å². The second-order valence-corrected chi connectivity index (χ2v) is 6.00. The lowest BCUT2D eigenvalue weighted by molar-refractivity contribution is -0.117. The number of carbonyl (C=O) groups excluding carboxylic acids is 1. The van der Waals surface area contributed by atoms with Gasteiger partial charge in [-0.25, -0.2) is 0 Å². The molecule has 0 aromatic heterocycles. The Labute approximate surface area is 144 Å². The minimum Gasteiger partial charge on any atom is -0.329 e. The molecule has 0 spiro atoms. The van der Waals surface area contributed by atoms with Gasteiger partial charge in [0.25, 0.3) is 0 Å². The number of hydrogen-bond donors (Lipinski definition) is 2. The van der Waals surface area contributed by atoms with E-state index in [1.807, 2.05) is 37.3 Å². The highest BCUT2D eigenvalue weighted by Gasteiger charge is 2.13. The van der Waals surface area contributed by atoms with Crippen molar-refractivity contribution in [2.24, 2.45) is 5.73 Å². The molecule has 3 N–H and O–H groups in total. The first-order valence-corrected chi connectivity index (χ1v) is 8.48. The number of nitrogens with two attached hydrogens (primary N) is 1. The molecule has 0 fully saturated rings. The summed E-state index contributed by atoms with van der Waals surface area (Å²) in [4.78, 5) is 14.6. The molecule has 128 valence electrons. The molecule has 2 rings (SSSR count). The summed E-state index contributed by atoms with van der Waals surface area (Å²) in [6.07, 6.45) is 0.897. The van der Waals surface area contributed by atoms with E-state index in [9.17, 15) is 4.79 Å². The molecule has 0 saturated heterocycles.